The van der Waals surface area contributed by atoms with Crippen LogP contribution in [-0.2, 0) is 0 Å². The molecule has 0 aliphatic rings. The molecule has 114 valence electrons. The van der Waals surface area contributed by atoms with E-state index in [1.807, 2.05) is 6.07 Å². The van der Waals surface area contributed by atoms with Crippen molar-refractivity contribution in [2.75, 3.05) is 11.9 Å². The number of rotatable bonds is 6. The van der Waals surface area contributed by atoms with Crippen molar-refractivity contribution in [2.45, 2.75) is 19.8 Å². The summed E-state index contributed by atoms with van der Waals surface area (Å²) in [6.45, 7) is 2.70. The predicted molar refractivity (Wildman–Crippen MR) is 88.1 cm³/mol. The fourth-order valence-electron chi connectivity index (χ4n) is 2.05. The van der Waals surface area contributed by atoms with Gasteiger partial charge in [-0.3, -0.25) is 9.59 Å². The summed E-state index contributed by atoms with van der Waals surface area (Å²) in [5, 5.41) is 5.66. The second-order valence-corrected chi connectivity index (χ2v) is 4.98. The van der Waals surface area contributed by atoms with Gasteiger partial charge in [-0.1, -0.05) is 43.7 Å². The highest BCUT2D eigenvalue weighted by molar-refractivity contribution is 6.08. The normalized spacial score (nSPS) is 10.0. The first kappa shape index (κ1) is 15.8. The largest absolute Gasteiger partial charge is 0.352 e. The Labute approximate surface area is 130 Å². The van der Waals surface area contributed by atoms with Crippen molar-refractivity contribution in [1.82, 2.24) is 5.32 Å². The van der Waals surface area contributed by atoms with Gasteiger partial charge in [-0.25, -0.2) is 0 Å². The fraction of sp³-hybridized carbons (Fsp3) is 0.222. The van der Waals surface area contributed by atoms with Crippen molar-refractivity contribution in [2.24, 2.45) is 0 Å². The van der Waals surface area contributed by atoms with E-state index in [9.17, 15) is 9.59 Å². The molecule has 0 aromatic heterocycles. The maximum atomic E-state index is 12.2. The predicted octanol–water partition coefficient (Wildman–Crippen LogP) is 3.47. The minimum absolute atomic E-state index is 0.169. The molecule has 0 radical (unpaired) electrons. The van der Waals surface area contributed by atoms with Crippen LogP contribution in [0.15, 0.2) is 54.6 Å². The summed E-state index contributed by atoms with van der Waals surface area (Å²) in [7, 11) is 0. The summed E-state index contributed by atoms with van der Waals surface area (Å²) in [5.74, 6) is -0.396. The molecule has 0 aliphatic carbocycles. The molecule has 2 N–H and O–H groups in total. The van der Waals surface area contributed by atoms with Crippen molar-refractivity contribution in [3.8, 4) is 0 Å². The number of hydrogen-bond donors (Lipinski definition) is 2. The van der Waals surface area contributed by atoms with Gasteiger partial charge in [-0.2, -0.15) is 0 Å². The van der Waals surface area contributed by atoms with Crippen LogP contribution in [0.1, 0.15) is 40.5 Å². The van der Waals surface area contributed by atoms with Gasteiger partial charge in [0.25, 0.3) is 11.8 Å². The molecule has 0 atom stereocenters. The molecule has 0 fully saturated rings. The van der Waals surface area contributed by atoms with E-state index in [4.69, 9.17) is 0 Å². The molecule has 0 unspecified atom stereocenters. The highest BCUT2D eigenvalue weighted by Crippen LogP contribution is 2.16. The topological polar surface area (TPSA) is 58.2 Å². The molecule has 4 nitrogen and oxygen atoms in total. The lowest BCUT2D eigenvalue weighted by atomic mass is 10.1. The Morgan fingerprint density at radius 2 is 1.59 bits per heavy atom. The number of unbranched alkanes of at least 4 members (excludes halogenated alkanes) is 1. The van der Waals surface area contributed by atoms with E-state index < -0.39 is 0 Å². The summed E-state index contributed by atoms with van der Waals surface area (Å²) in [4.78, 5) is 24.4. The molecule has 0 spiro atoms. The zero-order valence-electron chi connectivity index (χ0n) is 12.6. The molecule has 2 amide bonds. The van der Waals surface area contributed by atoms with Crippen LogP contribution in [0.3, 0.4) is 0 Å². The van der Waals surface area contributed by atoms with Crippen LogP contribution < -0.4 is 10.6 Å². The Hall–Kier alpha value is -2.62. The Morgan fingerprint density at radius 3 is 2.32 bits per heavy atom. The summed E-state index contributed by atoms with van der Waals surface area (Å²) in [6, 6.07) is 16.0. The Kier molecular flexibility index (Phi) is 5.72. The SMILES string of the molecule is CCCCNC(=O)c1ccccc1NC(=O)c1ccccc1. The van der Waals surface area contributed by atoms with Gasteiger partial charge in [0.1, 0.15) is 0 Å². The van der Waals surface area contributed by atoms with E-state index in [0.717, 1.165) is 12.8 Å². The van der Waals surface area contributed by atoms with E-state index in [1.165, 1.54) is 0 Å². The second kappa shape index (κ2) is 7.98. The first-order valence-electron chi connectivity index (χ1n) is 7.46. The average Bonchev–Trinajstić information content (AvgIpc) is 2.56. The molecule has 0 bridgehead atoms. The van der Waals surface area contributed by atoms with Crippen LogP contribution in [0.2, 0.25) is 0 Å². The Balaban J connectivity index is 2.11. The molecule has 0 aliphatic heterocycles. The van der Waals surface area contributed by atoms with Crippen LogP contribution in [-0.4, -0.2) is 18.4 Å². The third-order valence-corrected chi connectivity index (χ3v) is 3.27. The van der Waals surface area contributed by atoms with Gasteiger partial charge in [-0.15, -0.1) is 0 Å². The summed E-state index contributed by atoms with van der Waals surface area (Å²) in [6.07, 6.45) is 1.96. The van der Waals surface area contributed by atoms with E-state index in [0.29, 0.717) is 23.4 Å². The zero-order chi connectivity index (χ0) is 15.8. The highest BCUT2D eigenvalue weighted by Gasteiger charge is 2.13. The number of carbonyl (C=O) groups excluding carboxylic acids is 2. The second-order valence-electron chi connectivity index (χ2n) is 4.98. The first-order chi connectivity index (χ1) is 10.7. The maximum absolute atomic E-state index is 12.2. The van der Waals surface area contributed by atoms with Gasteiger partial charge < -0.3 is 10.6 Å². The number of carbonyl (C=O) groups is 2. The summed E-state index contributed by atoms with van der Waals surface area (Å²) in [5.41, 5.74) is 1.55. The molecule has 0 saturated carbocycles. The molecule has 4 heteroatoms. The third kappa shape index (κ3) is 4.19. The van der Waals surface area contributed by atoms with Crippen molar-refractivity contribution >= 4 is 17.5 Å². The average molecular weight is 296 g/mol. The van der Waals surface area contributed by atoms with E-state index in [1.54, 1.807) is 48.5 Å². The van der Waals surface area contributed by atoms with Gasteiger partial charge in [0, 0.05) is 12.1 Å². The molecule has 2 rings (SSSR count). The molecule has 2 aromatic carbocycles. The molecule has 0 heterocycles. The molecular weight excluding hydrogens is 276 g/mol. The van der Waals surface area contributed by atoms with Crippen molar-refractivity contribution in [1.29, 1.82) is 0 Å². The standard InChI is InChI=1S/C18H20N2O2/c1-2-3-13-19-18(22)15-11-7-8-12-16(15)20-17(21)14-9-5-4-6-10-14/h4-12H,2-3,13H2,1H3,(H,19,22)(H,20,21). The van der Waals surface area contributed by atoms with Gasteiger partial charge in [0.2, 0.25) is 0 Å². The molecular formula is C18H20N2O2. The number of anilines is 1. The lowest BCUT2D eigenvalue weighted by Gasteiger charge is -2.11. The summed E-state index contributed by atoms with van der Waals surface area (Å²) < 4.78 is 0. The zero-order valence-corrected chi connectivity index (χ0v) is 12.6. The minimum atomic E-state index is -0.227. The van der Waals surface area contributed by atoms with Gasteiger partial charge in [0.15, 0.2) is 0 Å². The van der Waals surface area contributed by atoms with Crippen molar-refractivity contribution in [3.05, 3.63) is 65.7 Å². The minimum Gasteiger partial charge on any atom is -0.352 e. The number of hydrogen-bond acceptors (Lipinski definition) is 2. The van der Waals surface area contributed by atoms with Crippen LogP contribution in [0.4, 0.5) is 5.69 Å². The smallest absolute Gasteiger partial charge is 0.255 e. The van der Waals surface area contributed by atoms with E-state index >= 15 is 0 Å². The molecule has 2 aromatic rings. The Morgan fingerprint density at radius 1 is 0.909 bits per heavy atom. The maximum Gasteiger partial charge on any atom is 0.255 e. The van der Waals surface area contributed by atoms with E-state index in [-0.39, 0.29) is 11.8 Å². The molecule has 22 heavy (non-hydrogen) atoms. The number of para-hydroxylation sites is 1. The summed E-state index contributed by atoms with van der Waals surface area (Å²) >= 11 is 0. The lowest BCUT2D eigenvalue weighted by molar-refractivity contribution is 0.0954. The number of benzene rings is 2. The monoisotopic (exact) mass is 296 g/mol. The Bertz CT molecular complexity index is 639. The van der Waals surface area contributed by atoms with Crippen molar-refractivity contribution < 1.29 is 9.59 Å². The first-order valence-corrected chi connectivity index (χ1v) is 7.46. The quantitative estimate of drug-likeness (QED) is 0.802. The van der Waals surface area contributed by atoms with Crippen LogP contribution >= 0.6 is 0 Å². The number of amides is 2. The highest BCUT2D eigenvalue weighted by atomic mass is 16.2. The van der Waals surface area contributed by atoms with Crippen LogP contribution in [0, 0.1) is 0 Å². The van der Waals surface area contributed by atoms with E-state index in [2.05, 4.69) is 17.6 Å². The lowest BCUT2D eigenvalue weighted by Crippen LogP contribution is -2.26. The van der Waals surface area contributed by atoms with Crippen LogP contribution in [0.25, 0.3) is 0 Å². The third-order valence-electron chi connectivity index (χ3n) is 3.27. The number of nitrogens with one attached hydrogen (secondary N) is 2. The van der Waals surface area contributed by atoms with Crippen molar-refractivity contribution in [3.63, 3.8) is 0 Å². The fourth-order valence-corrected chi connectivity index (χ4v) is 2.05. The molecule has 0 saturated heterocycles. The van der Waals surface area contributed by atoms with Crippen LogP contribution in [0.5, 0.6) is 0 Å². The van der Waals surface area contributed by atoms with Gasteiger partial charge in [0.05, 0.1) is 11.3 Å². The van der Waals surface area contributed by atoms with Gasteiger partial charge in [-0.05, 0) is 30.7 Å². The van der Waals surface area contributed by atoms with Gasteiger partial charge >= 0.3 is 0 Å².